The Balaban J connectivity index is 1.60. The van der Waals surface area contributed by atoms with Crippen molar-refractivity contribution >= 4 is 0 Å². The van der Waals surface area contributed by atoms with Crippen LogP contribution in [0.1, 0.15) is 91.9 Å². The fourth-order valence-corrected chi connectivity index (χ4v) is 7.90. The number of aliphatic hydroxyl groups is 1. The van der Waals surface area contributed by atoms with Gasteiger partial charge in [0.1, 0.15) is 0 Å². The SMILES string of the molecule is CCC/C=C(\C)[C@H]1CCC2C3CC=C4C[C@@H](O)CC[C@]4(C)C3CC[C@@]21C. The molecule has 7 atom stereocenters. The molecule has 3 saturated carbocycles. The predicted molar refractivity (Wildman–Crippen MR) is 110 cm³/mol. The summed E-state index contributed by atoms with van der Waals surface area (Å²) < 4.78 is 0. The van der Waals surface area contributed by atoms with E-state index in [2.05, 4.69) is 39.8 Å². The molecule has 1 N–H and O–H groups in total. The van der Waals surface area contributed by atoms with Gasteiger partial charge in [-0.2, -0.15) is 0 Å². The quantitative estimate of drug-likeness (QED) is 0.560. The Morgan fingerprint density at radius 3 is 2.73 bits per heavy atom. The van der Waals surface area contributed by atoms with E-state index in [0.717, 1.165) is 36.5 Å². The van der Waals surface area contributed by atoms with Gasteiger partial charge in [-0.1, -0.05) is 50.5 Å². The van der Waals surface area contributed by atoms with Gasteiger partial charge in [-0.05, 0) is 99.2 Å². The summed E-state index contributed by atoms with van der Waals surface area (Å²) in [4.78, 5) is 0. The maximum absolute atomic E-state index is 10.2. The monoisotopic (exact) mass is 356 g/mol. The maximum Gasteiger partial charge on any atom is 0.0577 e. The summed E-state index contributed by atoms with van der Waals surface area (Å²) >= 11 is 0. The van der Waals surface area contributed by atoms with Crippen LogP contribution in [0.25, 0.3) is 0 Å². The summed E-state index contributed by atoms with van der Waals surface area (Å²) in [5, 5.41) is 10.2. The van der Waals surface area contributed by atoms with Gasteiger partial charge in [0.2, 0.25) is 0 Å². The molecule has 0 aromatic heterocycles. The number of aliphatic hydroxyl groups excluding tert-OH is 1. The molecule has 0 saturated heterocycles. The molecule has 0 aliphatic heterocycles. The standard InChI is InChI=1S/C25H40O/c1-5-6-7-17(2)21-10-11-22-20-9-8-18-16-19(26)12-14-24(18,3)23(20)13-15-25(21,22)4/h7-8,19-23,26H,5-6,9-16H2,1-4H3/b17-7+/t19-,20?,21+,22?,23?,24-,25+/m0/s1. The van der Waals surface area contributed by atoms with E-state index in [0.29, 0.717) is 10.8 Å². The maximum atomic E-state index is 10.2. The lowest BCUT2D eigenvalue weighted by molar-refractivity contribution is -0.0454. The number of hydrogen-bond acceptors (Lipinski definition) is 1. The van der Waals surface area contributed by atoms with Crippen LogP contribution in [0.2, 0.25) is 0 Å². The van der Waals surface area contributed by atoms with Crippen LogP contribution in [0.15, 0.2) is 23.3 Å². The lowest BCUT2D eigenvalue weighted by atomic mass is 9.47. The third kappa shape index (κ3) is 2.76. The topological polar surface area (TPSA) is 20.2 Å². The number of unbranched alkanes of at least 4 members (excludes halogenated alkanes) is 1. The van der Waals surface area contributed by atoms with Gasteiger partial charge in [0.15, 0.2) is 0 Å². The highest BCUT2D eigenvalue weighted by atomic mass is 16.3. The first-order valence-corrected chi connectivity index (χ1v) is 11.4. The van der Waals surface area contributed by atoms with Crippen molar-refractivity contribution in [1.29, 1.82) is 0 Å². The zero-order valence-electron chi connectivity index (χ0n) is 17.6. The molecule has 4 aliphatic carbocycles. The van der Waals surface area contributed by atoms with Crippen molar-refractivity contribution in [3.63, 3.8) is 0 Å². The van der Waals surface area contributed by atoms with Crippen molar-refractivity contribution in [2.24, 2.45) is 34.5 Å². The van der Waals surface area contributed by atoms with Crippen molar-refractivity contribution in [3.8, 4) is 0 Å². The van der Waals surface area contributed by atoms with E-state index in [1.807, 2.05) is 0 Å². The van der Waals surface area contributed by atoms with Gasteiger partial charge in [0, 0.05) is 0 Å². The van der Waals surface area contributed by atoms with Gasteiger partial charge in [-0.25, -0.2) is 0 Å². The molecular formula is C25H40O. The molecule has 0 amide bonds. The minimum atomic E-state index is -0.0815. The van der Waals surface area contributed by atoms with E-state index in [4.69, 9.17) is 0 Å². The van der Waals surface area contributed by atoms with E-state index in [9.17, 15) is 5.11 Å². The normalized spacial score (nSPS) is 48.4. The summed E-state index contributed by atoms with van der Waals surface area (Å²) in [6, 6.07) is 0. The average molecular weight is 357 g/mol. The molecule has 1 nitrogen and oxygen atoms in total. The molecule has 0 radical (unpaired) electrons. The second-order valence-corrected chi connectivity index (χ2v) is 10.6. The Hall–Kier alpha value is -0.560. The Bertz CT molecular complexity index is 601. The zero-order chi connectivity index (χ0) is 18.5. The van der Waals surface area contributed by atoms with Crippen LogP contribution < -0.4 is 0 Å². The van der Waals surface area contributed by atoms with Crippen LogP contribution in [0.3, 0.4) is 0 Å². The van der Waals surface area contributed by atoms with E-state index in [-0.39, 0.29) is 6.10 Å². The highest BCUT2D eigenvalue weighted by molar-refractivity contribution is 5.26. The van der Waals surface area contributed by atoms with Crippen LogP contribution in [0.5, 0.6) is 0 Å². The van der Waals surface area contributed by atoms with Crippen molar-refractivity contribution in [3.05, 3.63) is 23.3 Å². The van der Waals surface area contributed by atoms with Gasteiger partial charge in [-0.3, -0.25) is 0 Å². The Morgan fingerprint density at radius 1 is 1.15 bits per heavy atom. The minimum Gasteiger partial charge on any atom is -0.393 e. The summed E-state index contributed by atoms with van der Waals surface area (Å²) in [6.45, 7) is 9.90. The van der Waals surface area contributed by atoms with E-state index in [1.54, 1.807) is 11.1 Å². The molecule has 0 aromatic rings. The highest BCUT2D eigenvalue weighted by Crippen LogP contribution is 2.67. The van der Waals surface area contributed by atoms with Gasteiger partial charge >= 0.3 is 0 Å². The molecule has 1 heteroatoms. The number of fused-ring (bicyclic) bond motifs is 5. The van der Waals surface area contributed by atoms with Gasteiger partial charge in [0.05, 0.1) is 6.10 Å². The molecule has 146 valence electrons. The summed E-state index contributed by atoms with van der Waals surface area (Å²) in [6.07, 6.45) is 17.7. The number of hydrogen-bond donors (Lipinski definition) is 1. The highest BCUT2D eigenvalue weighted by Gasteiger charge is 2.58. The minimum absolute atomic E-state index is 0.0815. The molecule has 0 aromatic carbocycles. The summed E-state index contributed by atoms with van der Waals surface area (Å²) in [5.74, 6) is 3.50. The summed E-state index contributed by atoms with van der Waals surface area (Å²) in [7, 11) is 0. The van der Waals surface area contributed by atoms with E-state index >= 15 is 0 Å². The first-order chi connectivity index (χ1) is 12.4. The molecule has 0 heterocycles. The molecule has 0 bridgehead atoms. The smallest absolute Gasteiger partial charge is 0.0577 e. The number of allylic oxidation sites excluding steroid dienone is 3. The number of rotatable bonds is 3. The van der Waals surface area contributed by atoms with E-state index < -0.39 is 0 Å². The lowest BCUT2D eigenvalue weighted by Gasteiger charge is -2.58. The largest absolute Gasteiger partial charge is 0.393 e. The Morgan fingerprint density at radius 2 is 1.96 bits per heavy atom. The molecule has 26 heavy (non-hydrogen) atoms. The predicted octanol–water partition coefficient (Wildman–Crippen LogP) is 6.67. The zero-order valence-corrected chi connectivity index (χ0v) is 17.6. The van der Waals surface area contributed by atoms with Crippen LogP contribution in [0, 0.1) is 34.5 Å². The Kier molecular flexibility index (Phi) is 4.91. The molecule has 3 fully saturated rings. The van der Waals surface area contributed by atoms with Crippen molar-refractivity contribution in [2.45, 2.75) is 98.0 Å². The van der Waals surface area contributed by atoms with Crippen LogP contribution in [-0.4, -0.2) is 11.2 Å². The third-order valence-electron chi connectivity index (χ3n) is 9.38. The van der Waals surface area contributed by atoms with Gasteiger partial charge in [0.25, 0.3) is 0 Å². The fraction of sp³-hybridized carbons (Fsp3) is 0.840. The lowest BCUT2D eigenvalue weighted by Crippen LogP contribution is -2.50. The Labute approximate surface area is 161 Å². The molecule has 3 unspecified atom stereocenters. The first kappa shape index (κ1) is 18.8. The average Bonchev–Trinajstić information content (AvgIpc) is 2.97. The van der Waals surface area contributed by atoms with E-state index in [1.165, 1.54) is 51.4 Å². The molecular weight excluding hydrogens is 316 g/mol. The van der Waals surface area contributed by atoms with Crippen LogP contribution >= 0.6 is 0 Å². The second-order valence-electron chi connectivity index (χ2n) is 10.6. The second kappa shape index (κ2) is 6.80. The van der Waals surface area contributed by atoms with Crippen LogP contribution in [0.4, 0.5) is 0 Å². The van der Waals surface area contributed by atoms with Crippen molar-refractivity contribution in [2.75, 3.05) is 0 Å². The van der Waals surface area contributed by atoms with Crippen LogP contribution in [-0.2, 0) is 0 Å². The first-order valence-electron chi connectivity index (χ1n) is 11.4. The van der Waals surface area contributed by atoms with Crippen molar-refractivity contribution < 1.29 is 5.11 Å². The molecule has 4 rings (SSSR count). The van der Waals surface area contributed by atoms with Gasteiger partial charge in [-0.15, -0.1) is 0 Å². The third-order valence-corrected chi connectivity index (χ3v) is 9.38. The fourth-order valence-electron chi connectivity index (χ4n) is 7.90. The molecule has 0 spiro atoms. The van der Waals surface area contributed by atoms with Crippen molar-refractivity contribution in [1.82, 2.24) is 0 Å². The molecule has 4 aliphatic rings. The summed E-state index contributed by atoms with van der Waals surface area (Å²) in [5.41, 5.74) is 4.21. The van der Waals surface area contributed by atoms with Gasteiger partial charge < -0.3 is 5.11 Å².